The molecule has 0 aliphatic carbocycles. The Bertz CT molecular complexity index is 1140. The lowest BCUT2D eigenvalue weighted by Crippen LogP contribution is -2.53. The number of carbonyl (C=O) groups excluding carboxylic acids is 1. The third kappa shape index (κ3) is 5.67. The summed E-state index contributed by atoms with van der Waals surface area (Å²) in [6, 6.07) is 7.54. The first kappa shape index (κ1) is 24.8. The number of likely N-dealkylation sites (tertiary alicyclic amines) is 1. The molecule has 1 aromatic heterocycles. The fraction of sp³-hybridized carbons (Fsp3) is 0.565. The standard InChI is InChI=1S/C23H33ClN6O3S/c1-23(27(2)17-18-6-7-19(24)20(16-18)28-11-4-5-12-28)9-14-29(15-10-23)22(31)30-13-8-21(25-30)26-34(3,32)33/h6-8,13,16H,4-5,9-12,14-15,17H2,1-3H3,(H,25,26). The van der Waals surface area contributed by atoms with Crippen LogP contribution < -0.4 is 9.62 Å². The second-order valence-electron chi connectivity index (χ2n) is 9.62. The fourth-order valence-corrected chi connectivity index (χ4v) is 5.43. The minimum atomic E-state index is -3.44. The van der Waals surface area contributed by atoms with E-state index in [4.69, 9.17) is 11.6 Å². The molecule has 3 heterocycles. The summed E-state index contributed by atoms with van der Waals surface area (Å²) in [4.78, 5) is 19.4. The van der Waals surface area contributed by atoms with Gasteiger partial charge in [-0.05, 0) is 57.4 Å². The van der Waals surface area contributed by atoms with Crippen molar-refractivity contribution in [2.24, 2.45) is 0 Å². The molecule has 0 spiro atoms. The topological polar surface area (TPSA) is 90.8 Å². The molecule has 1 amide bonds. The molecule has 0 bridgehead atoms. The number of hydrogen-bond donors (Lipinski definition) is 1. The van der Waals surface area contributed by atoms with Crippen LogP contribution in [0.5, 0.6) is 0 Å². The van der Waals surface area contributed by atoms with Crippen LogP contribution in [-0.2, 0) is 16.6 Å². The number of nitrogens with one attached hydrogen (secondary N) is 1. The van der Waals surface area contributed by atoms with Crippen LogP contribution in [0.1, 0.15) is 38.2 Å². The lowest BCUT2D eigenvalue weighted by molar-refractivity contribution is 0.0585. The molecule has 2 saturated heterocycles. The highest BCUT2D eigenvalue weighted by molar-refractivity contribution is 7.92. The molecule has 34 heavy (non-hydrogen) atoms. The zero-order chi connectivity index (χ0) is 24.5. The highest BCUT2D eigenvalue weighted by Crippen LogP contribution is 2.33. The molecule has 2 aliphatic rings. The first-order chi connectivity index (χ1) is 16.0. The number of carbonyl (C=O) groups is 1. The first-order valence-electron chi connectivity index (χ1n) is 11.6. The summed E-state index contributed by atoms with van der Waals surface area (Å²) < 4.78 is 26.2. The van der Waals surface area contributed by atoms with Gasteiger partial charge in [0.2, 0.25) is 10.0 Å². The maximum Gasteiger partial charge on any atom is 0.344 e. The van der Waals surface area contributed by atoms with Gasteiger partial charge in [0.05, 0.1) is 17.0 Å². The smallest absolute Gasteiger partial charge is 0.344 e. The molecule has 0 radical (unpaired) electrons. The fourth-order valence-electron chi connectivity index (χ4n) is 4.70. The summed E-state index contributed by atoms with van der Waals surface area (Å²) >= 11 is 6.48. The molecule has 186 valence electrons. The Hall–Kier alpha value is -2.30. The first-order valence-corrected chi connectivity index (χ1v) is 13.9. The zero-order valence-electron chi connectivity index (χ0n) is 20.0. The van der Waals surface area contributed by atoms with Gasteiger partial charge in [-0.15, -0.1) is 5.10 Å². The normalized spacial score (nSPS) is 18.5. The number of nitrogens with zero attached hydrogens (tertiary/aromatic N) is 5. The molecule has 9 nitrogen and oxygen atoms in total. The summed E-state index contributed by atoms with van der Waals surface area (Å²) in [5.41, 5.74) is 2.31. The van der Waals surface area contributed by atoms with Crippen molar-refractivity contribution in [2.75, 3.05) is 49.1 Å². The Morgan fingerprint density at radius 1 is 1.18 bits per heavy atom. The molecule has 0 unspecified atom stereocenters. The molecule has 1 N–H and O–H groups in total. The maximum atomic E-state index is 12.9. The van der Waals surface area contributed by atoms with Gasteiger partial charge in [-0.25, -0.2) is 13.2 Å². The molecule has 1 aromatic carbocycles. The van der Waals surface area contributed by atoms with E-state index in [0.717, 1.165) is 49.4 Å². The summed E-state index contributed by atoms with van der Waals surface area (Å²) in [5, 5.41) is 4.86. The maximum absolute atomic E-state index is 12.9. The third-order valence-corrected chi connectivity index (χ3v) is 7.88. The van der Waals surface area contributed by atoms with Crippen LogP contribution in [0, 0.1) is 0 Å². The van der Waals surface area contributed by atoms with E-state index in [-0.39, 0.29) is 17.4 Å². The van der Waals surface area contributed by atoms with Crippen LogP contribution in [0.4, 0.5) is 16.3 Å². The van der Waals surface area contributed by atoms with Crippen molar-refractivity contribution in [3.8, 4) is 0 Å². The van der Waals surface area contributed by atoms with Crippen molar-refractivity contribution in [1.29, 1.82) is 0 Å². The van der Waals surface area contributed by atoms with Crippen LogP contribution in [-0.4, -0.2) is 79.1 Å². The molecule has 11 heteroatoms. The van der Waals surface area contributed by atoms with Gasteiger partial charge in [0, 0.05) is 50.5 Å². The summed E-state index contributed by atoms with van der Waals surface area (Å²) in [5.74, 6) is 0.133. The highest BCUT2D eigenvalue weighted by atomic mass is 35.5. The van der Waals surface area contributed by atoms with Crippen LogP contribution >= 0.6 is 11.6 Å². The Labute approximate surface area is 206 Å². The Morgan fingerprint density at radius 2 is 1.85 bits per heavy atom. The monoisotopic (exact) mass is 508 g/mol. The summed E-state index contributed by atoms with van der Waals surface area (Å²) in [6.07, 6.45) is 6.61. The number of anilines is 2. The predicted octanol–water partition coefficient (Wildman–Crippen LogP) is 3.46. The zero-order valence-corrected chi connectivity index (χ0v) is 21.6. The Kier molecular flexibility index (Phi) is 7.12. The van der Waals surface area contributed by atoms with Crippen molar-refractivity contribution in [2.45, 2.75) is 44.7 Å². The number of halogens is 1. The van der Waals surface area contributed by atoms with E-state index < -0.39 is 10.0 Å². The van der Waals surface area contributed by atoms with Gasteiger partial charge in [-0.3, -0.25) is 9.62 Å². The van der Waals surface area contributed by atoms with Gasteiger partial charge >= 0.3 is 6.03 Å². The van der Waals surface area contributed by atoms with Gasteiger partial charge in [0.15, 0.2) is 5.82 Å². The van der Waals surface area contributed by atoms with Gasteiger partial charge < -0.3 is 9.80 Å². The van der Waals surface area contributed by atoms with Crippen molar-refractivity contribution in [3.05, 3.63) is 41.0 Å². The van der Waals surface area contributed by atoms with E-state index in [9.17, 15) is 13.2 Å². The number of amides is 1. The minimum Gasteiger partial charge on any atom is -0.370 e. The Morgan fingerprint density at radius 3 is 2.50 bits per heavy atom. The van der Waals surface area contributed by atoms with Crippen molar-refractivity contribution in [1.82, 2.24) is 19.6 Å². The number of sulfonamides is 1. The Balaban J connectivity index is 1.36. The van der Waals surface area contributed by atoms with E-state index in [0.29, 0.717) is 13.1 Å². The van der Waals surface area contributed by atoms with E-state index in [2.05, 4.69) is 45.7 Å². The van der Waals surface area contributed by atoms with Crippen LogP contribution in [0.3, 0.4) is 0 Å². The highest BCUT2D eigenvalue weighted by Gasteiger charge is 2.35. The van der Waals surface area contributed by atoms with Crippen molar-refractivity contribution >= 4 is 39.2 Å². The van der Waals surface area contributed by atoms with Gasteiger partial charge in [0.1, 0.15) is 0 Å². The van der Waals surface area contributed by atoms with E-state index >= 15 is 0 Å². The van der Waals surface area contributed by atoms with E-state index in [1.54, 1.807) is 4.90 Å². The quantitative estimate of drug-likeness (QED) is 0.642. The number of aromatic nitrogens is 2. The van der Waals surface area contributed by atoms with E-state index in [1.165, 1.54) is 35.4 Å². The molecule has 4 rings (SSSR count). The van der Waals surface area contributed by atoms with E-state index in [1.807, 2.05) is 6.07 Å². The lowest BCUT2D eigenvalue weighted by atomic mass is 9.87. The largest absolute Gasteiger partial charge is 0.370 e. The number of benzene rings is 1. The van der Waals surface area contributed by atoms with Crippen LogP contribution in [0.25, 0.3) is 0 Å². The molecule has 2 fully saturated rings. The number of hydrogen-bond acceptors (Lipinski definition) is 6. The average molecular weight is 509 g/mol. The molecular formula is C23H33ClN6O3S. The van der Waals surface area contributed by atoms with Crippen LogP contribution in [0.15, 0.2) is 30.5 Å². The molecule has 0 saturated carbocycles. The SMILES string of the molecule is CN(Cc1ccc(Cl)c(N2CCCC2)c1)C1(C)CCN(C(=O)n2ccc(NS(C)(=O)=O)n2)CC1. The van der Waals surface area contributed by atoms with Crippen molar-refractivity contribution in [3.63, 3.8) is 0 Å². The van der Waals surface area contributed by atoms with Gasteiger partial charge in [-0.2, -0.15) is 4.68 Å². The lowest BCUT2D eigenvalue weighted by Gasteiger charge is -2.45. The molecule has 2 aliphatic heterocycles. The van der Waals surface area contributed by atoms with Crippen LogP contribution in [0.2, 0.25) is 5.02 Å². The number of rotatable bonds is 6. The predicted molar refractivity (Wildman–Crippen MR) is 135 cm³/mol. The number of piperidine rings is 1. The molecular weight excluding hydrogens is 476 g/mol. The summed E-state index contributed by atoms with van der Waals surface area (Å²) in [6.45, 7) is 6.38. The molecule has 2 aromatic rings. The second-order valence-corrected chi connectivity index (χ2v) is 11.8. The van der Waals surface area contributed by atoms with Gasteiger partial charge in [-0.1, -0.05) is 17.7 Å². The summed E-state index contributed by atoms with van der Waals surface area (Å²) in [7, 11) is -1.30. The second kappa shape index (κ2) is 9.75. The minimum absolute atomic E-state index is 0.0443. The average Bonchev–Trinajstić information content (AvgIpc) is 3.46. The van der Waals surface area contributed by atoms with Crippen molar-refractivity contribution < 1.29 is 13.2 Å². The van der Waals surface area contributed by atoms with Gasteiger partial charge in [0.25, 0.3) is 0 Å². The third-order valence-electron chi connectivity index (χ3n) is 6.98. The molecule has 0 atom stereocenters.